The highest BCUT2D eigenvalue weighted by Crippen LogP contribution is 2.23. The summed E-state index contributed by atoms with van der Waals surface area (Å²) in [4.78, 5) is 7.98. The van der Waals surface area contributed by atoms with Gasteiger partial charge in [0.05, 0.1) is 0 Å². The number of anilines is 3. The summed E-state index contributed by atoms with van der Waals surface area (Å²) >= 11 is 0. The van der Waals surface area contributed by atoms with Crippen LogP contribution in [0.1, 0.15) is 12.8 Å². The minimum Gasteiger partial charge on any atom is -0.383 e. The van der Waals surface area contributed by atoms with Gasteiger partial charge < -0.3 is 16.8 Å². The molecule has 0 aliphatic heterocycles. The number of aromatic nitrogens is 2. The third-order valence-electron chi connectivity index (χ3n) is 1.68. The summed E-state index contributed by atoms with van der Waals surface area (Å²) in [7, 11) is 0. The average Bonchev–Trinajstić information content (AvgIpc) is 2.68. The van der Waals surface area contributed by atoms with Crippen molar-refractivity contribution in [2.45, 2.75) is 18.9 Å². The lowest BCUT2D eigenvalue weighted by molar-refractivity contribution is 1.06. The number of nitrogen functional groups attached to an aromatic ring is 2. The first kappa shape index (κ1) is 7.15. The molecule has 0 bridgehead atoms. The SMILES string of the molecule is Nc1cc(N)nc(NC2CC2)n1. The molecule has 0 atom stereocenters. The van der Waals surface area contributed by atoms with Crippen molar-refractivity contribution < 1.29 is 0 Å². The van der Waals surface area contributed by atoms with Crippen LogP contribution in [0.25, 0.3) is 0 Å². The van der Waals surface area contributed by atoms with Crippen molar-refractivity contribution in [2.24, 2.45) is 0 Å². The van der Waals surface area contributed by atoms with E-state index in [-0.39, 0.29) is 0 Å². The van der Waals surface area contributed by atoms with Gasteiger partial charge in [0.1, 0.15) is 11.6 Å². The van der Waals surface area contributed by atoms with E-state index in [2.05, 4.69) is 15.3 Å². The Morgan fingerprint density at radius 1 is 1.25 bits per heavy atom. The average molecular weight is 165 g/mol. The van der Waals surface area contributed by atoms with E-state index < -0.39 is 0 Å². The standard InChI is InChI=1S/C7H11N5/c8-5-3-6(9)12-7(11-5)10-4-1-2-4/h3-4H,1-2H2,(H5,8,9,10,11,12). The summed E-state index contributed by atoms with van der Waals surface area (Å²) in [5.41, 5.74) is 11.0. The summed E-state index contributed by atoms with van der Waals surface area (Å²) in [5, 5.41) is 3.12. The molecule has 5 nitrogen and oxygen atoms in total. The van der Waals surface area contributed by atoms with Crippen LogP contribution in [-0.4, -0.2) is 16.0 Å². The van der Waals surface area contributed by atoms with E-state index in [0.717, 1.165) is 0 Å². The molecule has 0 spiro atoms. The van der Waals surface area contributed by atoms with Gasteiger partial charge in [-0.2, -0.15) is 9.97 Å². The maximum absolute atomic E-state index is 5.48. The minimum atomic E-state index is 0.408. The molecule has 0 radical (unpaired) electrons. The van der Waals surface area contributed by atoms with E-state index in [4.69, 9.17) is 11.5 Å². The monoisotopic (exact) mass is 165 g/mol. The fourth-order valence-electron chi connectivity index (χ4n) is 0.960. The normalized spacial score (nSPS) is 16.0. The van der Waals surface area contributed by atoms with E-state index in [1.807, 2.05) is 0 Å². The molecule has 0 unspecified atom stereocenters. The summed E-state index contributed by atoms with van der Waals surface area (Å²) in [6, 6.07) is 2.06. The maximum atomic E-state index is 5.48. The van der Waals surface area contributed by atoms with E-state index in [9.17, 15) is 0 Å². The molecule has 5 heteroatoms. The topological polar surface area (TPSA) is 89.9 Å². The molecule has 1 saturated carbocycles. The highest BCUT2D eigenvalue weighted by atomic mass is 15.2. The van der Waals surface area contributed by atoms with Gasteiger partial charge in [-0.3, -0.25) is 0 Å². The van der Waals surface area contributed by atoms with Gasteiger partial charge in [-0.15, -0.1) is 0 Å². The fraction of sp³-hybridized carbons (Fsp3) is 0.429. The van der Waals surface area contributed by atoms with Crippen molar-refractivity contribution in [1.82, 2.24) is 9.97 Å². The van der Waals surface area contributed by atoms with Crippen molar-refractivity contribution in [3.8, 4) is 0 Å². The van der Waals surface area contributed by atoms with Gasteiger partial charge in [-0.1, -0.05) is 0 Å². The Labute approximate surface area is 70.2 Å². The highest BCUT2D eigenvalue weighted by Gasteiger charge is 2.21. The molecule has 1 aliphatic rings. The summed E-state index contributed by atoms with van der Waals surface area (Å²) < 4.78 is 0. The van der Waals surface area contributed by atoms with E-state index in [0.29, 0.717) is 23.6 Å². The number of rotatable bonds is 2. The number of nitrogens with one attached hydrogen (secondary N) is 1. The molecule has 0 amide bonds. The van der Waals surface area contributed by atoms with Crippen molar-refractivity contribution in [2.75, 3.05) is 16.8 Å². The highest BCUT2D eigenvalue weighted by molar-refractivity contribution is 5.47. The van der Waals surface area contributed by atoms with E-state index in [1.54, 1.807) is 0 Å². The zero-order valence-corrected chi connectivity index (χ0v) is 6.62. The van der Waals surface area contributed by atoms with Gasteiger partial charge in [0.15, 0.2) is 0 Å². The Morgan fingerprint density at radius 2 is 1.83 bits per heavy atom. The molecule has 1 fully saturated rings. The Kier molecular flexibility index (Phi) is 1.49. The van der Waals surface area contributed by atoms with Crippen molar-refractivity contribution in [1.29, 1.82) is 0 Å². The largest absolute Gasteiger partial charge is 0.383 e. The number of nitrogens with two attached hydrogens (primary N) is 2. The Morgan fingerprint density at radius 3 is 2.33 bits per heavy atom. The van der Waals surface area contributed by atoms with Crippen molar-refractivity contribution >= 4 is 17.6 Å². The van der Waals surface area contributed by atoms with Crippen LogP contribution >= 0.6 is 0 Å². The zero-order chi connectivity index (χ0) is 8.55. The Hall–Kier alpha value is -1.52. The lowest BCUT2D eigenvalue weighted by Gasteiger charge is -2.03. The van der Waals surface area contributed by atoms with E-state index >= 15 is 0 Å². The van der Waals surface area contributed by atoms with E-state index in [1.165, 1.54) is 18.9 Å². The molecule has 2 rings (SSSR count). The van der Waals surface area contributed by atoms with Crippen LogP contribution in [-0.2, 0) is 0 Å². The quantitative estimate of drug-likeness (QED) is 0.583. The lowest BCUT2D eigenvalue weighted by atomic mass is 10.5. The van der Waals surface area contributed by atoms with Gasteiger partial charge >= 0.3 is 0 Å². The third kappa shape index (κ3) is 1.55. The Bertz CT molecular complexity index is 274. The van der Waals surface area contributed by atoms with Crippen molar-refractivity contribution in [3.05, 3.63) is 6.07 Å². The van der Waals surface area contributed by atoms with Crippen LogP contribution in [0.3, 0.4) is 0 Å². The van der Waals surface area contributed by atoms with Crippen LogP contribution in [0.5, 0.6) is 0 Å². The maximum Gasteiger partial charge on any atom is 0.226 e. The molecule has 1 aliphatic carbocycles. The molecular formula is C7H11N5. The minimum absolute atomic E-state index is 0.408. The van der Waals surface area contributed by atoms with Gasteiger partial charge in [0.25, 0.3) is 0 Å². The van der Waals surface area contributed by atoms with Gasteiger partial charge in [-0.05, 0) is 12.8 Å². The first-order chi connectivity index (χ1) is 5.74. The summed E-state index contributed by atoms with van der Waals surface area (Å²) in [6.45, 7) is 0. The first-order valence-electron chi connectivity index (χ1n) is 3.90. The molecule has 5 N–H and O–H groups in total. The molecule has 1 aromatic heterocycles. The second kappa shape index (κ2) is 2.51. The van der Waals surface area contributed by atoms with Crippen LogP contribution in [0, 0.1) is 0 Å². The fourth-order valence-corrected chi connectivity index (χ4v) is 0.960. The summed E-state index contributed by atoms with van der Waals surface area (Å²) in [5.74, 6) is 1.35. The Balaban J connectivity index is 2.18. The molecular weight excluding hydrogens is 154 g/mol. The predicted octanol–water partition coefficient (Wildman–Crippen LogP) is 0.215. The second-order valence-corrected chi connectivity index (χ2v) is 2.96. The van der Waals surface area contributed by atoms with Gasteiger partial charge in [-0.25, -0.2) is 0 Å². The van der Waals surface area contributed by atoms with Crippen LogP contribution in [0.4, 0.5) is 17.6 Å². The van der Waals surface area contributed by atoms with Gasteiger partial charge in [0.2, 0.25) is 5.95 Å². The van der Waals surface area contributed by atoms with Crippen LogP contribution < -0.4 is 16.8 Å². The van der Waals surface area contributed by atoms with Crippen LogP contribution in [0.2, 0.25) is 0 Å². The molecule has 12 heavy (non-hydrogen) atoms. The molecule has 1 aromatic rings. The smallest absolute Gasteiger partial charge is 0.226 e. The molecule has 0 aromatic carbocycles. The second-order valence-electron chi connectivity index (χ2n) is 2.96. The lowest BCUT2D eigenvalue weighted by Crippen LogP contribution is -2.08. The predicted molar refractivity (Wildman–Crippen MR) is 47.5 cm³/mol. The van der Waals surface area contributed by atoms with Crippen LogP contribution in [0.15, 0.2) is 6.07 Å². The molecule has 0 saturated heterocycles. The first-order valence-corrected chi connectivity index (χ1v) is 3.90. The third-order valence-corrected chi connectivity index (χ3v) is 1.68. The summed E-state index contributed by atoms with van der Waals surface area (Å²) in [6.07, 6.45) is 2.36. The zero-order valence-electron chi connectivity index (χ0n) is 6.62. The van der Waals surface area contributed by atoms with Crippen molar-refractivity contribution in [3.63, 3.8) is 0 Å². The molecule has 64 valence electrons. The number of hydrogen-bond donors (Lipinski definition) is 3. The number of nitrogens with zero attached hydrogens (tertiary/aromatic N) is 2. The molecule has 1 heterocycles. The van der Waals surface area contributed by atoms with Gasteiger partial charge in [0, 0.05) is 12.1 Å². The number of hydrogen-bond acceptors (Lipinski definition) is 5.